The molecule has 0 radical (unpaired) electrons. The zero-order valence-corrected chi connectivity index (χ0v) is 19.4. The van der Waals surface area contributed by atoms with E-state index in [1.807, 2.05) is 0 Å². The second-order valence-corrected chi connectivity index (χ2v) is 9.37. The van der Waals surface area contributed by atoms with Crippen molar-refractivity contribution in [1.82, 2.24) is 24.1 Å². The predicted octanol–water partition coefficient (Wildman–Crippen LogP) is 6.82. The Morgan fingerprint density at radius 3 is 1.49 bits per heavy atom. The van der Waals surface area contributed by atoms with Crippen molar-refractivity contribution in [1.29, 1.82) is 0 Å². The third-order valence-electron chi connectivity index (χ3n) is 7.20. The molecule has 0 N–H and O–H groups in total. The third kappa shape index (κ3) is 2.56. The van der Waals surface area contributed by atoms with Crippen LogP contribution in [0, 0.1) is 0 Å². The van der Waals surface area contributed by atoms with Gasteiger partial charge in [-0.25, -0.2) is 0 Å². The fourth-order valence-corrected chi connectivity index (χ4v) is 5.95. The van der Waals surface area contributed by atoms with Gasteiger partial charge in [-0.05, 0) is 47.7 Å². The van der Waals surface area contributed by atoms with Gasteiger partial charge in [-0.15, -0.1) is 0 Å². The molecule has 0 aliphatic carbocycles. The molecule has 0 fully saturated rings. The lowest BCUT2D eigenvalue weighted by atomic mass is 10.00. The summed E-state index contributed by atoms with van der Waals surface area (Å²) in [6, 6.07) is 29.9. The van der Waals surface area contributed by atoms with Crippen molar-refractivity contribution >= 4 is 55.2 Å². The van der Waals surface area contributed by atoms with Crippen LogP contribution < -0.4 is 0 Å². The number of hydrogen-bond donors (Lipinski definition) is 0. The molecule has 166 valence electrons. The molecule has 5 nitrogen and oxygen atoms in total. The molecule has 4 aromatic carbocycles. The van der Waals surface area contributed by atoms with Gasteiger partial charge in [0.25, 0.3) is 0 Å². The summed E-state index contributed by atoms with van der Waals surface area (Å²) in [6.07, 6.45) is 1.79. The van der Waals surface area contributed by atoms with Crippen molar-refractivity contribution in [3.8, 4) is 11.9 Å². The van der Waals surface area contributed by atoms with Crippen molar-refractivity contribution in [2.45, 2.75) is 12.8 Å². The van der Waals surface area contributed by atoms with Gasteiger partial charge in [-0.1, -0.05) is 72.8 Å². The van der Waals surface area contributed by atoms with Crippen LogP contribution in [0.2, 0.25) is 5.28 Å². The van der Waals surface area contributed by atoms with E-state index in [2.05, 4.69) is 104 Å². The smallest absolute Gasteiger partial charge is 0.240 e. The maximum absolute atomic E-state index is 6.59. The summed E-state index contributed by atoms with van der Waals surface area (Å²) in [5.74, 6) is 1.06. The zero-order chi connectivity index (χ0) is 23.1. The molecule has 6 heteroatoms. The third-order valence-corrected chi connectivity index (χ3v) is 7.37. The first-order valence-corrected chi connectivity index (χ1v) is 12.1. The largest absolute Gasteiger partial charge is 0.277 e. The Hall–Kier alpha value is -4.22. The highest BCUT2D eigenvalue weighted by Crippen LogP contribution is 2.37. The predicted molar refractivity (Wildman–Crippen MR) is 141 cm³/mol. The highest BCUT2D eigenvalue weighted by Gasteiger charge is 2.23. The number of benzene rings is 4. The first-order chi connectivity index (χ1) is 17.3. The summed E-state index contributed by atoms with van der Waals surface area (Å²) in [7, 11) is 0. The van der Waals surface area contributed by atoms with Crippen molar-refractivity contribution in [3.63, 3.8) is 0 Å². The van der Waals surface area contributed by atoms with Crippen LogP contribution in [0.25, 0.3) is 55.5 Å². The highest BCUT2D eigenvalue weighted by atomic mass is 35.5. The van der Waals surface area contributed by atoms with Gasteiger partial charge < -0.3 is 0 Å². The minimum Gasteiger partial charge on any atom is -0.277 e. The van der Waals surface area contributed by atoms with E-state index in [1.54, 1.807) is 0 Å². The molecule has 4 heterocycles. The lowest BCUT2D eigenvalue weighted by Gasteiger charge is -2.11. The Balaban J connectivity index is 1.60. The quantitative estimate of drug-likeness (QED) is 0.244. The summed E-state index contributed by atoms with van der Waals surface area (Å²) in [6.45, 7) is 0. The minimum atomic E-state index is 0.177. The zero-order valence-electron chi connectivity index (χ0n) is 18.6. The van der Waals surface area contributed by atoms with Crippen LogP contribution in [0.1, 0.15) is 11.1 Å². The van der Waals surface area contributed by atoms with Gasteiger partial charge in [-0.3, -0.25) is 9.13 Å². The molecule has 0 atom stereocenters. The number of nitrogens with zero attached hydrogens (tertiary/aromatic N) is 5. The van der Waals surface area contributed by atoms with Gasteiger partial charge in [0, 0.05) is 21.5 Å². The lowest BCUT2D eigenvalue weighted by Crippen LogP contribution is -2.09. The molecule has 1 aliphatic heterocycles. The van der Waals surface area contributed by atoms with Gasteiger partial charge in [0.2, 0.25) is 17.2 Å². The molecule has 7 aromatic rings. The van der Waals surface area contributed by atoms with Crippen molar-refractivity contribution in [2.24, 2.45) is 0 Å². The highest BCUT2D eigenvalue weighted by molar-refractivity contribution is 6.28. The molecule has 3 aromatic heterocycles. The Bertz CT molecular complexity index is 1840. The normalized spacial score (nSPS) is 13.1. The Labute approximate surface area is 205 Å². The van der Waals surface area contributed by atoms with Crippen molar-refractivity contribution in [2.75, 3.05) is 0 Å². The molecule has 0 amide bonds. The number of aryl methyl sites for hydroxylation is 2. The van der Waals surface area contributed by atoms with Crippen LogP contribution in [0.4, 0.5) is 0 Å². The number of fused-ring (bicyclic) bond motifs is 10. The van der Waals surface area contributed by atoms with Crippen LogP contribution in [0.5, 0.6) is 0 Å². The van der Waals surface area contributed by atoms with E-state index in [0.29, 0.717) is 11.9 Å². The van der Waals surface area contributed by atoms with E-state index in [-0.39, 0.29) is 5.28 Å². The first-order valence-electron chi connectivity index (χ1n) is 11.7. The van der Waals surface area contributed by atoms with Gasteiger partial charge in [0.1, 0.15) is 0 Å². The summed E-state index contributed by atoms with van der Waals surface area (Å²) >= 11 is 6.59. The second-order valence-electron chi connectivity index (χ2n) is 9.04. The van der Waals surface area contributed by atoms with Crippen LogP contribution in [0.15, 0.2) is 84.9 Å². The van der Waals surface area contributed by atoms with Crippen LogP contribution >= 0.6 is 11.6 Å². The fourth-order valence-electron chi connectivity index (χ4n) is 5.80. The van der Waals surface area contributed by atoms with E-state index in [0.717, 1.165) is 34.9 Å². The number of hydrogen-bond acceptors (Lipinski definition) is 3. The summed E-state index contributed by atoms with van der Waals surface area (Å²) in [5, 5.41) is 4.91. The van der Waals surface area contributed by atoms with Gasteiger partial charge >= 0.3 is 0 Å². The molecule has 0 spiro atoms. The topological polar surface area (TPSA) is 48.5 Å². The van der Waals surface area contributed by atoms with E-state index in [9.17, 15) is 0 Å². The SMILES string of the molecule is Clc1nc2nc(n1)-n1c3ccccc3c3cccc(c31)CCc1cccc3c4ccccc4n-2c13. The Morgan fingerprint density at radius 1 is 0.514 bits per heavy atom. The monoisotopic (exact) mass is 471 g/mol. The maximum Gasteiger partial charge on any atom is 0.240 e. The molecule has 8 rings (SSSR count). The molecule has 2 bridgehead atoms. The summed E-state index contributed by atoms with van der Waals surface area (Å²) in [4.78, 5) is 14.3. The van der Waals surface area contributed by atoms with Crippen LogP contribution in [-0.2, 0) is 12.8 Å². The van der Waals surface area contributed by atoms with Crippen molar-refractivity contribution < 1.29 is 0 Å². The average molecular weight is 472 g/mol. The molecule has 0 saturated heterocycles. The number of aromatic nitrogens is 5. The first kappa shape index (κ1) is 19.1. The molecule has 0 unspecified atom stereocenters. The number of halogens is 1. The fraction of sp³-hybridized carbons (Fsp3) is 0.0690. The summed E-state index contributed by atoms with van der Waals surface area (Å²) in [5.41, 5.74) is 6.90. The Morgan fingerprint density at radius 2 is 0.971 bits per heavy atom. The van der Waals surface area contributed by atoms with Gasteiger partial charge in [0.05, 0.1) is 22.1 Å². The van der Waals surface area contributed by atoms with Gasteiger partial charge in [0.15, 0.2) is 0 Å². The second kappa shape index (κ2) is 6.90. The molecular weight excluding hydrogens is 454 g/mol. The Kier molecular flexibility index (Phi) is 3.77. The van der Waals surface area contributed by atoms with Gasteiger partial charge in [-0.2, -0.15) is 15.0 Å². The molecule has 0 saturated carbocycles. The van der Waals surface area contributed by atoms with E-state index >= 15 is 0 Å². The van der Waals surface area contributed by atoms with E-state index in [1.165, 1.54) is 32.7 Å². The van der Waals surface area contributed by atoms with Crippen LogP contribution in [-0.4, -0.2) is 24.1 Å². The van der Waals surface area contributed by atoms with Crippen molar-refractivity contribution in [3.05, 3.63) is 101 Å². The molecule has 1 aliphatic rings. The van der Waals surface area contributed by atoms with Crippen LogP contribution in [0.3, 0.4) is 0 Å². The van der Waals surface area contributed by atoms with E-state index < -0.39 is 0 Å². The number of rotatable bonds is 0. The summed E-state index contributed by atoms with van der Waals surface area (Å²) < 4.78 is 4.30. The average Bonchev–Trinajstić information content (AvgIpc) is 3.40. The molecular formula is C29H18ClN5. The molecule has 35 heavy (non-hydrogen) atoms. The number of para-hydroxylation sites is 4. The minimum absolute atomic E-state index is 0.177. The lowest BCUT2D eigenvalue weighted by molar-refractivity contribution is 0.886. The maximum atomic E-state index is 6.59. The van der Waals surface area contributed by atoms with E-state index in [4.69, 9.17) is 16.6 Å². The standard InChI is InChI=1S/C29H18ClN5/c30-27-31-28-33-29(32-27)35-24-14-4-2-10-20(24)22-12-6-8-18(26(22)35)16-15-17-7-5-11-21-19-9-1-3-13-23(19)34(28)25(17)21/h1-14H,15-16H2.